The summed E-state index contributed by atoms with van der Waals surface area (Å²) in [7, 11) is 0. The largest absolute Gasteiger partial charge is 0.361 e. The molecule has 1 fully saturated rings. The molecule has 20 heavy (non-hydrogen) atoms. The Bertz CT molecular complexity index is 714. The van der Waals surface area contributed by atoms with E-state index in [1.54, 1.807) is 6.92 Å². The van der Waals surface area contributed by atoms with Gasteiger partial charge in [-0.1, -0.05) is 0 Å². The summed E-state index contributed by atoms with van der Waals surface area (Å²) in [5, 5.41) is 0. The molecule has 0 radical (unpaired) electrons. The number of aromatic amines is 1. The van der Waals surface area contributed by atoms with Crippen molar-refractivity contribution in [3.8, 4) is 0 Å². The van der Waals surface area contributed by atoms with E-state index in [-0.39, 0.29) is 39.1 Å². The highest BCUT2D eigenvalue weighted by molar-refractivity contribution is 9.12. The van der Waals surface area contributed by atoms with Crippen molar-refractivity contribution in [1.29, 1.82) is 0 Å². The number of carbonyl (C=O) groups excluding carboxylic acids is 3. The molecule has 5 nitrogen and oxygen atoms in total. The lowest BCUT2D eigenvalue weighted by atomic mass is 9.93. The number of H-pyrrole nitrogens is 1. The molecule has 1 aliphatic heterocycles. The van der Waals surface area contributed by atoms with E-state index >= 15 is 0 Å². The molecule has 1 unspecified atom stereocenters. The number of aryl methyl sites for hydroxylation is 1. The highest BCUT2D eigenvalue weighted by Crippen LogP contribution is 2.38. The van der Waals surface area contributed by atoms with Gasteiger partial charge in [-0.2, -0.15) is 0 Å². The molecule has 3 rings (SSSR count). The van der Waals surface area contributed by atoms with Gasteiger partial charge in [0.2, 0.25) is 11.6 Å². The normalized spacial score (nSPS) is 21.4. The van der Waals surface area contributed by atoms with Gasteiger partial charge in [-0.3, -0.25) is 14.4 Å². The summed E-state index contributed by atoms with van der Waals surface area (Å²) < 4.78 is 0.274. The van der Waals surface area contributed by atoms with Crippen LogP contribution in [0.2, 0.25) is 0 Å². The maximum atomic E-state index is 12.7. The lowest BCUT2D eigenvalue weighted by Crippen LogP contribution is -2.25. The molecule has 1 N–H and O–H groups in total. The maximum Gasteiger partial charge on any atom is 0.219 e. The monoisotopic (exact) mass is 336 g/mol. The quantitative estimate of drug-likeness (QED) is 0.664. The Morgan fingerprint density at radius 1 is 1.35 bits per heavy atom. The van der Waals surface area contributed by atoms with Gasteiger partial charge in [0.25, 0.3) is 0 Å². The number of hydrogen-bond donors (Lipinski definition) is 1. The number of fused-ring (bicyclic) bond motifs is 1. The number of nitrogens with zero attached hydrogens (tertiary/aromatic N) is 1. The Morgan fingerprint density at radius 3 is 2.45 bits per heavy atom. The summed E-state index contributed by atoms with van der Waals surface area (Å²) in [6.07, 6.45) is 0. The number of aromatic nitrogens is 1. The van der Waals surface area contributed by atoms with E-state index in [1.165, 1.54) is 6.92 Å². The van der Waals surface area contributed by atoms with E-state index in [0.717, 1.165) is 6.54 Å². The maximum absolute atomic E-state index is 12.7. The van der Waals surface area contributed by atoms with E-state index in [2.05, 4.69) is 20.9 Å². The number of allylic oxidation sites excluding steroid dienone is 2. The molecule has 1 saturated heterocycles. The Labute approximate surface area is 124 Å². The molecular weight excluding hydrogens is 324 g/mol. The Hall–Kier alpha value is -1.69. The number of ketones is 3. The summed E-state index contributed by atoms with van der Waals surface area (Å²) in [6, 6.07) is 0.247. The molecule has 6 heteroatoms. The first-order valence-corrected chi connectivity index (χ1v) is 7.13. The SMILES string of the molecule is CC(=O)c1c(C)[nH]c2c1C(=O)C(N1CC1C)=C(Br)C2=O. The molecule has 1 aliphatic carbocycles. The summed E-state index contributed by atoms with van der Waals surface area (Å²) in [6.45, 7) is 5.83. The van der Waals surface area contributed by atoms with E-state index < -0.39 is 0 Å². The third kappa shape index (κ3) is 1.64. The summed E-state index contributed by atoms with van der Waals surface area (Å²) in [5.74, 6) is -0.743. The van der Waals surface area contributed by atoms with Gasteiger partial charge in [0.1, 0.15) is 5.70 Å². The van der Waals surface area contributed by atoms with Gasteiger partial charge in [0.05, 0.1) is 15.7 Å². The van der Waals surface area contributed by atoms with Crippen molar-refractivity contribution in [2.45, 2.75) is 26.8 Å². The van der Waals surface area contributed by atoms with Crippen LogP contribution in [0.4, 0.5) is 0 Å². The zero-order valence-electron chi connectivity index (χ0n) is 11.3. The van der Waals surface area contributed by atoms with Gasteiger partial charge in [-0.15, -0.1) is 0 Å². The average molecular weight is 337 g/mol. The molecular formula is C14H13BrN2O3. The van der Waals surface area contributed by atoms with E-state index in [9.17, 15) is 14.4 Å². The smallest absolute Gasteiger partial charge is 0.219 e. The van der Waals surface area contributed by atoms with Crippen LogP contribution >= 0.6 is 15.9 Å². The second-order valence-electron chi connectivity index (χ2n) is 5.25. The Kier molecular flexibility index (Phi) is 2.76. The van der Waals surface area contributed by atoms with E-state index in [4.69, 9.17) is 0 Å². The number of carbonyl (C=O) groups is 3. The van der Waals surface area contributed by atoms with E-state index in [0.29, 0.717) is 17.0 Å². The van der Waals surface area contributed by atoms with Gasteiger partial charge < -0.3 is 9.88 Å². The van der Waals surface area contributed by atoms with Crippen molar-refractivity contribution in [1.82, 2.24) is 9.88 Å². The Balaban J connectivity index is 2.23. The summed E-state index contributed by atoms with van der Waals surface area (Å²) >= 11 is 3.23. The molecule has 0 spiro atoms. The van der Waals surface area contributed by atoms with Crippen molar-refractivity contribution < 1.29 is 14.4 Å². The predicted molar refractivity (Wildman–Crippen MR) is 76.3 cm³/mol. The number of rotatable bonds is 2. The molecule has 0 bridgehead atoms. The molecule has 0 aromatic carbocycles. The molecule has 1 aromatic heterocycles. The van der Waals surface area contributed by atoms with Crippen LogP contribution < -0.4 is 0 Å². The zero-order chi connectivity index (χ0) is 14.8. The summed E-state index contributed by atoms with van der Waals surface area (Å²) in [5.41, 5.74) is 1.69. The van der Waals surface area contributed by atoms with Crippen molar-refractivity contribution in [3.63, 3.8) is 0 Å². The number of hydrogen-bond acceptors (Lipinski definition) is 4. The molecule has 1 aromatic rings. The third-order valence-corrected chi connectivity index (χ3v) is 4.50. The van der Waals surface area contributed by atoms with Crippen molar-refractivity contribution in [2.24, 2.45) is 0 Å². The van der Waals surface area contributed by atoms with Crippen LogP contribution in [0.3, 0.4) is 0 Å². The van der Waals surface area contributed by atoms with Gasteiger partial charge in [-0.25, -0.2) is 0 Å². The molecule has 0 saturated carbocycles. The Morgan fingerprint density at radius 2 is 1.95 bits per heavy atom. The molecule has 2 heterocycles. The molecule has 2 aliphatic rings. The lowest BCUT2D eigenvalue weighted by Gasteiger charge is -2.17. The van der Waals surface area contributed by atoms with E-state index in [1.807, 2.05) is 11.8 Å². The van der Waals surface area contributed by atoms with Crippen LogP contribution in [0, 0.1) is 6.92 Å². The second kappa shape index (κ2) is 4.15. The van der Waals surface area contributed by atoms with Crippen LogP contribution in [0.15, 0.2) is 10.2 Å². The van der Waals surface area contributed by atoms with Crippen molar-refractivity contribution in [2.75, 3.05) is 6.54 Å². The van der Waals surface area contributed by atoms with Gasteiger partial charge >= 0.3 is 0 Å². The van der Waals surface area contributed by atoms with Crippen LogP contribution in [-0.2, 0) is 0 Å². The molecule has 1 atom stereocenters. The molecule has 104 valence electrons. The minimum atomic E-state index is -0.274. The van der Waals surface area contributed by atoms with Gasteiger partial charge in [0.15, 0.2) is 5.78 Å². The highest BCUT2D eigenvalue weighted by Gasteiger charge is 2.44. The number of nitrogens with one attached hydrogen (secondary N) is 1. The van der Waals surface area contributed by atoms with Crippen molar-refractivity contribution in [3.05, 3.63) is 32.7 Å². The predicted octanol–water partition coefficient (Wildman–Crippen LogP) is 2.22. The minimum Gasteiger partial charge on any atom is -0.361 e. The first-order valence-electron chi connectivity index (χ1n) is 6.33. The highest BCUT2D eigenvalue weighted by atomic mass is 79.9. The topological polar surface area (TPSA) is 70.0 Å². The third-order valence-electron chi connectivity index (χ3n) is 3.76. The number of Topliss-reactive ketones (excluding diaryl/α,β-unsaturated/α-hetero) is 3. The fourth-order valence-electron chi connectivity index (χ4n) is 2.70. The fraction of sp³-hybridized carbons (Fsp3) is 0.357. The molecule has 0 amide bonds. The van der Waals surface area contributed by atoms with Crippen molar-refractivity contribution >= 4 is 33.3 Å². The van der Waals surface area contributed by atoms with Gasteiger partial charge in [0, 0.05) is 23.8 Å². The van der Waals surface area contributed by atoms with Gasteiger partial charge in [-0.05, 0) is 36.7 Å². The fourth-order valence-corrected chi connectivity index (χ4v) is 3.31. The first-order chi connectivity index (χ1) is 9.34. The lowest BCUT2D eigenvalue weighted by molar-refractivity contribution is 0.0956. The average Bonchev–Trinajstić information content (AvgIpc) is 2.95. The van der Waals surface area contributed by atoms with Crippen LogP contribution in [0.25, 0.3) is 0 Å². The standard InChI is InChI=1S/C14H13BrN2O3/c1-5-4-17(5)12-10(15)14(20)11-9(13(12)19)8(7(3)18)6(2)16-11/h5,16H,4H2,1-3H3. The second-order valence-corrected chi connectivity index (χ2v) is 6.05. The van der Waals surface area contributed by atoms with Crippen LogP contribution in [0.5, 0.6) is 0 Å². The number of halogens is 1. The zero-order valence-corrected chi connectivity index (χ0v) is 12.9. The van der Waals surface area contributed by atoms with Crippen LogP contribution in [0.1, 0.15) is 50.7 Å². The van der Waals surface area contributed by atoms with Crippen LogP contribution in [-0.4, -0.2) is 39.8 Å². The summed E-state index contributed by atoms with van der Waals surface area (Å²) in [4.78, 5) is 41.6. The minimum absolute atomic E-state index is 0.211. The first kappa shape index (κ1) is 13.3.